The first kappa shape index (κ1) is 14.1. The lowest BCUT2D eigenvalue weighted by molar-refractivity contribution is 0.00317. The number of piperidine rings is 1. The van der Waals surface area contributed by atoms with Gasteiger partial charge in [-0.05, 0) is 37.5 Å². The van der Waals surface area contributed by atoms with Crippen molar-refractivity contribution in [1.29, 1.82) is 0 Å². The second kappa shape index (κ2) is 5.90. The molecule has 1 aliphatic heterocycles. The number of aryl methyl sites for hydroxylation is 1. The van der Waals surface area contributed by atoms with Gasteiger partial charge in [0.2, 0.25) is 0 Å². The van der Waals surface area contributed by atoms with Gasteiger partial charge in [-0.3, -0.25) is 4.68 Å². The van der Waals surface area contributed by atoms with Crippen LogP contribution in [-0.4, -0.2) is 28.0 Å². The van der Waals surface area contributed by atoms with Crippen LogP contribution in [0.3, 0.4) is 0 Å². The van der Waals surface area contributed by atoms with Crippen LogP contribution in [0.15, 0.2) is 42.6 Å². The lowest BCUT2D eigenvalue weighted by Gasteiger charge is -2.39. The van der Waals surface area contributed by atoms with Crippen molar-refractivity contribution in [3.8, 4) is 0 Å². The van der Waals surface area contributed by atoms with Crippen LogP contribution in [0.2, 0.25) is 0 Å². The molecule has 4 heteroatoms. The lowest BCUT2D eigenvalue weighted by atomic mass is 9.87. The number of aromatic nitrogens is 2. The maximum absolute atomic E-state index is 11.0. The summed E-state index contributed by atoms with van der Waals surface area (Å²) in [5.41, 5.74) is 1.47. The van der Waals surface area contributed by atoms with Crippen molar-refractivity contribution in [2.24, 2.45) is 0 Å². The van der Waals surface area contributed by atoms with Gasteiger partial charge in [-0.15, -0.1) is 0 Å². The van der Waals surface area contributed by atoms with Crippen molar-refractivity contribution in [2.45, 2.75) is 38.3 Å². The van der Waals surface area contributed by atoms with Gasteiger partial charge in [-0.25, -0.2) is 0 Å². The molecule has 1 aromatic heterocycles. The molecule has 112 valence electrons. The van der Waals surface area contributed by atoms with Gasteiger partial charge in [-0.1, -0.05) is 25.1 Å². The molecule has 1 aliphatic rings. The molecule has 21 heavy (non-hydrogen) atoms. The molecule has 2 aromatic rings. The molecule has 0 amide bonds. The fourth-order valence-electron chi connectivity index (χ4n) is 3.15. The molecule has 1 saturated heterocycles. The molecule has 0 aliphatic carbocycles. The maximum Gasteiger partial charge on any atom is 0.110 e. The van der Waals surface area contributed by atoms with Gasteiger partial charge in [0.05, 0.1) is 5.69 Å². The third-order valence-corrected chi connectivity index (χ3v) is 4.34. The molecule has 1 fully saturated rings. The topological polar surface area (TPSA) is 41.3 Å². The normalized spacial score (nSPS) is 17.9. The van der Waals surface area contributed by atoms with E-state index in [2.05, 4.69) is 41.2 Å². The number of nitrogens with zero attached hydrogens (tertiary/aromatic N) is 3. The number of para-hydroxylation sites is 1. The standard InChI is InChI=1S/C17H23N3O/c1-2-12-20-16(8-11-18-20)17(21)9-13-19(14-10-17)15-6-4-3-5-7-15/h3-8,11,21H,2,9-10,12-14H2,1H3. The number of hydrogen-bond acceptors (Lipinski definition) is 3. The summed E-state index contributed by atoms with van der Waals surface area (Å²) in [5.74, 6) is 0. The SMILES string of the molecule is CCCn1nccc1C1(O)CCN(c2ccccc2)CC1. The van der Waals surface area contributed by atoms with Crippen LogP contribution in [0.4, 0.5) is 5.69 Å². The smallest absolute Gasteiger partial charge is 0.110 e. The quantitative estimate of drug-likeness (QED) is 0.939. The van der Waals surface area contributed by atoms with E-state index in [4.69, 9.17) is 0 Å². The second-order valence-corrected chi connectivity index (χ2v) is 5.79. The Hall–Kier alpha value is -1.81. The largest absolute Gasteiger partial charge is 0.383 e. The van der Waals surface area contributed by atoms with Crippen LogP contribution in [0, 0.1) is 0 Å². The zero-order valence-electron chi connectivity index (χ0n) is 12.6. The van der Waals surface area contributed by atoms with Crippen LogP contribution in [-0.2, 0) is 12.1 Å². The van der Waals surface area contributed by atoms with Crippen molar-refractivity contribution >= 4 is 5.69 Å². The molecule has 0 spiro atoms. The molecule has 0 unspecified atom stereocenters. The fraction of sp³-hybridized carbons (Fsp3) is 0.471. The van der Waals surface area contributed by atoms with Crippen LogP contribution < -0.4 is 4.90 Å². The molecule has 0 bridgehead atoms. The summed E-state index contributed by atoms with van der Waals surface area (Å²) in [5, 5.41) is 15.4. The van der Waals surface area contributed by atoms with Crippen molar-refractivity contribution < 1.29 is 5.11 Å². The predicted octanol–water partition coefficient (Wildman–Crippen LogP) is 2.78. The van der Waals surface area contributed by atoms with E-state index in [0.717, 1.165) is 44.6 Å². The third kappa shape index (κ3) is 2.81. The molecule has 0 radical (unpaired) electrons. The Kier molecular flexibility index (Phi) is 3.97. The molecule has 0 atom stereocenters. The van der Waals surface area contributed by atoms with Gasteiger partial charge < -0.3 is 10.0 Å². The van der Waals surface area contributed by atoms with Crippen LogP contribution in [0.25, 0.3) is 0 Å². The van der Waals surface area contributed by atoms with E-state index in [0.29, 0.717) is 0 Å². The first-order chi connectivity index (χ1) is 10.2. The Balaban J connectivity index is 1.73. The third-order valence-electron chi connectivity index (χ3n) is 4.34. The minimum Gasteiger partial charge on any atom is -0.383 e. The van der Waals surface area contributed by atoms with Crippen molar-refractivity contribution in [2.75, 3.05) is 18.0 Å². The van der Waals surface area contributed by atoms with Gasteiger partial charge >= 0.3 is 0 Å². The molecule has 4 nitrogen and oxygen atoms in total. The number of rotatable bonds is 4. The summed E-state index contributed by atoms with van der Waals surface area (Å²) in [7, 11) is 0. The Labute approximate surface area is 126 Å². The molecular formula is C17H23N3O. The van der Waals surface area contributed by atoms with Crippen LogP contribution in [0.5, 0.6) is 0 Å². The highest BCUT2D eigenvalue weighted by Gasteiger charge is 2.36. The molecule has 1 N–H and O–H groups in total. The van der Waals surface area contributed by atoms with Crippen molar-refractivity contribution in [1.82, 2.24) is 9.78 Å². The van der Waals surface area contributed by atoms with Crippen LogP contribution >= 0.6 is 0 Å². The Bertz CT molecular complexity index is 571. The minimum atomic E-state index is -0.739. The summed E-state index contributed by atoms with van der Waals surface area (Å²) in [6, 6.07) is 12.4. The van der Waals surface area contributed by atoms with E-state index in [9.17, 15) is 5.11 Å². The monoisotopic (exact) mass is 285 g/mol. The number of anilines is 1. The van der Waals surface area contributed by atoms with E-state index >= 15 is 0 Å². The average molecular weight is 285 g/mol. The molecule has 3 rings (SSSR count). The van der Waals surface area contributed by atoms with Gasteiger partial charge in [0, 0.05) is 31.5 Å². The highest BCUT2D eigenvalue weighted by Crippen LogP contribution is 2.34. The number of aliphatic hydroxyl groups is 1. The first-order valence-electron chi connectivity index (χ1n) is 7.77. The fourth-order valence-corrected chi connectivity index (χ4v) is 3.15. The lowest BCUT2D eigenvalue weighted by Crippen LogP contribution is -2.43. The van der Waals surface area contributed by atoms with Gasteiger partial charge in [-0.2, -0.15) is 5.10 Å². The van der Waals surface area contributed by atoms with Crippen LogP contribution in [0.1, 0.15) is 31.9 Å². The molecule has 1 aromatic carbocycles. The summed E-state index contributed by atoms with van der Waals surface area (Å²) >= 11 is 0. The van der Waals surface area contributed by atoms with E-state index in [1.54, 1.807) is 6.20 Å². The zero-order valence-corrected chi connectivity index (χ0v) is 12.6. The molecule has 2 heterocycles. The molecule has 0 saturated carbocycles. The van der Waals surface area contributed by atoms with E-state index in [-0.39, 0.29) is 0 Å². The van der Waals surface area contributed by atoms with Crippen molar-refractivity contribution in [3.05, 3.63) is 48.3 Å². The minimum absolute atomic E-state index is 0.739. The Morgan fingerprint density at radius 3 is 2.52 bits per heavy atom. The van der Waals surface area contributed by atoms with Gasteiger partial charge in [0.15, 0.2) is 0 Å². The summed E-state index contributed by atoms with van der Waals surface area (Å²) < 4.78 is 1.96. The predicted molar refractivity (Wildman–Crippen MR) is 84.3 cm³/mol. The summed E-state index contributed by atoms with van der Waals surface area (Å²) in [4.78, 5) is 2.34. The Morgan fingerprint density at radius 1 is 1.14 bits per heavy atom. The van der Waals surface area contributed by atoms with Gasteiger partial charge in [0.1, 0.15) is 5.60 Å². The number of hydrogen-bond donors (Lipinski definition) is 1. The maximum atomic E-state index is 11.0. The van der Waals surface area contributed by atoms with E-state index in [1.165, 1.54) is 5.69 Å². The average Bonchev–Trinajstić information content (AvgIpc) is 2.98. The number of benzene rings is 1. The zero-order chi connectivity index (χ0) is 14.7. The van der Waals surface area contributed by atoms with Crippen molar-refractivity contribution in [3.63, 3.8) is 0 Å². The summed E-state index contributed by atoms with van der Waals surface area (Å²) in [6.45, 7) is 4.75. The first-order valence-corrected chi connectivity index (χ1v) is 7.77. The highest BCUT2D eigenvalue weighted by molar-refractivity contribution is 5.46. The second-order valence-electron chi connectivity index (χ2n) is 5.79. The highest BCUT2D eigenvalue weighted by atomic mass is 16.3. The van der Waals surface area contributed by atoms with E-state index in [1.807, 2.05) is 16.8 Å². The van der Waals surface area contributed by atoms with E-state index < -0.39 is 5.60 Å². The molecular weight excluding hydrogens is 262 g/mol. The summed E-state index contributed by atoms with van der Waals surface area (Å²) in [6.07, 6.45) is 4.32. The Morgan fingerprint density at radius 2 is 1.86 bits per heavy atom. The van der Waals surface area contributed by atoms with Gasteiger partial charge in [0.25, 0.3) is 0 Å².